The molecule has 0 aromatic rings. The van der Waals surface area contributed by atoms with Crippen molar-refractivity contribution in [3.05, 3.63) is 0 Å². The van der Waals surface area contributed by atoms with E-state index in [2.05, 4.69) is 29.4 Å². The Kier molecular flexibility index (Phi) is 4.62. The molecule has 4 nitrogen and oxygen atoms in total. The van der Waals surface area contributed by atoms with E-state index < -0.39 is 0 Å². The quantitative estimate of drug-likeness (QED) is 0.763. The maximum atomic E-state index is 11.9. The Labute approximate surface area is 110 Å². The van der Waals surface area contributed by atoms with Gasteiger partial charge in [-0.3, -0.25) is 9.69 Å². The first-order valence-electron chi connectivity index (χ1n) is 7.32. The molecule has 0 atom stereocenters. The molecule has 18 heavy (non-hydrogen) atoms. The zero-order chi connectivity index (χ0) is 13.0. The fraction of sp³-hybridized carbons (Fsp3) is 0.929. The molecule has 104 valence electrons. The van der Waals surface area contributed by atoms with Gasteiger partial charge in [0.05, 0.1) is 6.54 Å². The third kappa shape index (κ3) is 3.69. The lowest BCUT2D eigenvalue weighted by Crippen LogP contribution is -2.41. The van der Waals surface area contributed by atoms with Crippen LogP contribution in [0.1, 0.15) is 33.1 Å². The molecule has 1 aliphatic carbocycles. The highest BCUT2D eigenvalue weighted by Crippen LogP contribution is 2.51. The van der Waals surface area contributed by atoms with E-state index >= 15 is 0 Å². The second kappa shape index (κ2) is 6.02. The van der Waals surface area contributed by atoms with Crippen LogP contribution in [0.5, 0.6) is 0 Å². The van der Waals surface area contributed by atoms with E-state index in [1.54, 1.807) is 0 Å². The van der Waals surface area contributed by atoms with Gasteiger partial charge in [0.2, 0.25) is 5.91 Å². The van der Waals surface area contributed by atoms with E-state index in [0.717, 1.165) is 39.1 Å². The van der Waals surface area contributed by atoms with E-state index in [4.69, 9.17) is 0 Å². The van der Waals surface area contributed by atoms with Gasteiger partial charge in [-0.1, -0.05) is 13.8 Å². The van der Waals surface area contributed by atoms with Crippen LogP contribution in [0.4, 0.5) is 0 Å². The third-order valence-corrected chi connectivity index (χ3v) is 4.55. The first kappa shape index (κ1) is 13.8. The standard InChI is InChI=1S/C14H27N3O/c1-12(2)14(4-5-14)11-16-13(18)10-17-8-3-6-15-7-9-17/h12,15H,3-11H2,1-2H3,(H,16,18). The minimum absolute atomic E-state index is 0.198. The van der Waals surface area contributed by atoms with Gasteiger partial charge >= 0.3 is 0 Å². The predicted octanol–water partition coefficient (Wildman–Crippen LogP) is 0.834. The number of amides is 1. The summed E-state index contributed by atoms with van der Waals surface area (Å²) < 4.78 is 0. The Morgan fingerprint density at radius 2 is 2.11 bits per heavy atom. The van der Waals surface area contributed by atoms with E-state index in [-0.39, 0.29) is 5.91 Å². The van der Waals surface area contributed by atoms with Crippen molar-refractivity contribution in [2.75, 3.05) is 39.3 Å². The smallest absolute Gasteiger partial charge is 0.234 e. The van der Waals surface area contributed by atoms with Crippen molar-refractivity contribution >= 4 is 5.91 Å². The van der Waals surface area contributed by atoms with Gasteiger partial charge in [0.15, 0.2) is 0 Å². The molecule has 1 amide bonds. The van der Waals surface area contributed by atoms with E-state index in [1.807, 2.05) is 0 Å². The number of nitrogens with one attached hydrogen (secondary N) is 2. The van der Waals surface area contributed by atoms with Crippen molar-refractivity contribution in [3.63, 3.8) is 0 Å². The highest BCUT2D eigenvalue weighted by molar-refractivity contribution is 5.78. The summed E-state index contributed by atoms with van der Waals surface area (Å²) in [5.74, 6) is 0.879. The molecule has 4 heteroatoms. The molecular weight excluding hydrogens is 226 g/mol. The van der Waals surface area contributed by atoms with Gasteiger partial charge in [0.1, 0.15) is 0 Å². The van der Waals surface area contributed by atoms with Crippen LogP contribution in [0, 0.1) is 11.3 Å². The summed E-state index contributed by atoms with van der Waals surface area (Å²) in [7, 11) is 0. The zero-order valence-electron chi connectivity index (χ0n) is 11.8. The second-order valence-corrected chi connectivity index (χ2v) is 6.17. The van der Waals surface area contributed by atoms with Crippen molar-refractivity contribution < 1.29 is 4.79 Å². The van der Waals surface area contributed by atoms with Gasteiger partial charge in [-0.25, -0.2) is 0 Å². The lowest BCUT2D eigenvalue weighted by atomic mass is 9.92. The number of rotatable bonds is 5. The van der Waals surface area contributed by atoms with Gasteiger partial charge in [-0.15, -0.1) is 0 Å². The van der Waals surface area contributed by atoms with Crippen LogP contribution in [0.2, 0.25) is 0 Å². The Balaban J connectivity index is 1.68. The van der Waals surface area contributed by atoms with Crippen LogP contribution in [0.25, 0.3) is 0 Å². The number of hydrogen-bond acceptors (Lipinski definition) is 3. The number of nitrogens with zero attached hydrogens (tertiary/aromatic N) is 1. The lowest BCUT2D eigenvalue weighted by molar-refractivity contribution is -0.122. The molecule has 2 rings (SSSR count). The van der Waals surface area contributed by atoms with Crippen molar-refractivity contribution in [1.29, 1.82) is 0 Å². The maximum Gasteiger partial charge on any atom is 0.234 e. The summed E-state index contributed by atoms with van der Waals surface area (Å²) in [5.41, 5.74) is 0.413. The number of carbonyl (C=O) groups excluding carboxylic acids is 1. The van der Waals surface area contributed by atoms with Crippen LogP contribution in [-0.2, 0) is 4.79 Å². The Bertz CT molecular complexity index is 279. The molecule has 0 bridgehead atoms. The highest BCUT2D eigenvalue weighted by atomic mass is 16.2. The summed E-state index contributed by atoms with van der Waals surface area (Å²) in [5, 5.41) is 6.49. The molecule has 1 aliphatic heterocycles. The summed E-state index contributed by atoms with van der Waals surface area (Å²) in [6, 6.07) is 0. The van der Waals surface area contributed by atoms with Crippen LogP contribution in [0.3, 0.4) is 0 Å². The molecule has 0 aromatic carbocycles. The maximum absolute atomic E-state index is 11.9. The van der Waals surface area contributed by atoms with Gasteiger partial charge in [-0.2, -0.15) is 0 Å². The van der Waals surface area contributed by atoms with E-state index in [9.17, 15) is 4.79 Å². The monoisotopic (exact) mass is 253 g/mol. The van der Waals surface area contributed by atoms with Crippen molar-refractivity contribution in [2.24, 2.45) is 11.3 Å². The van der Waals surface area contributed by atoms with Gasteiger partial charge < -0.3 is 10.6 Å². The number of carbonyl (C=O) groups is 1. The van der Waals surface area contributed by atoms with Crippen molar-refractivity contribution in [3.8, 4) is 0 Å². The van der Waals surface area contributed by atoms with Crippen LogP contribution < -0.4 is 10.6 Å². The van der Waals surface area contributed by atoms with Crippen LogP contribution >= 0.6 is 0 Å². The number of hydrogen-bond donors (Lipinski definition) is 2. The zero-order valence-corrected chi connectivity index (χ0v) is 11.8. The van der Waals surface area contributed by atoms with Crippen LogP contribution in [-0.4, -0.2) is 50.1 Å². The molecule has 2 aliphatic rings. The van der Waals surface area contributed by atoms with E-state index in [0.29, 0.717) is 17.9 Å². The molecule has 1 heterocycles. The lowest BCUT2D eigenvalue weighted by Gasteiger charge is -2.22. The molecule has 0 spiro atoms. The minimum Gasteiger partial charge on any atom is -0.354 e. The molecule has 1 saturated carbocycles. The largest absolute Gasteiger partial charge is 0.354 e. The molecule has 2 fully saturated rings. The van der Waals surface area contributed by atoms with Gasteiger partial charge in [0.25, 0.3) is 0 Å². The van der Waals surface area contributed by atoms with Crippen molar-refractivity contribution in [1.82, 2.24) is 15.5 Å². The topological polar surface area (TPSA) is 44.4 Å². The molecule has 1 saturated heterocycles. The summed E-state index contributed by atoms with van der Waals surface area (Å²) in [6.07, 6.45) is 3.69. The fourth-order valence-corrected chi connectivity index (χ4v) is 2.71. The molecule has 2 N–H and O–H groups in total. The van der Waals surface area contributed by atoms with Gasteiger partial charge in [-0.05, 0) is 43.7 Å². The summed E-state index contributed by atoms with van der Waals surface area (Å²) >= 11 is 0. The van der Waals surface area contributed by atoms with E-state index in [1.165, 1.54) is 12.8 Å². The Morgan fingerprint density at radius 1 is 1.33 bits per heavy atom. The highest BCUT2D eigenvalue weighted by Gasteiger charge is 2.45. The summed E-state index contributed by atoms with van der Waals surface area (Å²) in [4.78, 5) is 14.2. The molecular formula is C14H27N3O. The average molecular weight is 253 g/mol. The first-order valence-corrected chi connectivity index (χ1v) is 7.32. The Morgan fingerprint density at radius 3 is 2.78 bits per heavy atom. The molecule has 0 unspecified atom stereocenters. The minimum atomic E-state index is 0.198. The third-order valence-electron chi connectivity index (χ3n) is 4.55. The van der Waals surface area contributed by atoms with Crippen molar-refractivity contribution in [2.45, 2.75) is 33.1 Å². The summed E-state index contributed by atoms with van der Waals surface area (Å²) in [6.45, 7) is 10.1. The fourth-order valence-electron chi connectivity index (χ4n) is 2.71. The predicted molar refractivity (Wildman–Crippen MR) is 73.4 cm³/mol. The molecule has 0 aromatic heterocycles. The van der Waals surface area contributed by atoms with Gasteiger partial charge in [0, 0.05) is 19.6 Å². The van der Waals surface area contributed by atoms with Crippen LogP contribution in [0.15, 0.2) is 0 Å². The molecule has 0 radical (unpaired) electrons. The average Bonchev–Trinajstić information content (AvgIpc) is 3.12. The second-order valence-electron chi connectivity index (χ2n) is 6.17. The normalized spacial score (nSPS) is 23.7. The SMILES string of the molecule is CC(C)C1(CNC(=O)CN2CCCNCC2)CC1. The first-order chi connectivity index (χ1) is 8.62. The Hall–Kier alpha value is -0.610.